The van der Waals surface area contributed by atoms with Crippen molar-refractivity contribution in [3.63, 3.8) is 0 Å². The number of rotatable bonds is 7. The molecular weight excluding hydrogens is 200 g/mol. The predicted octanol–water partition coefficient (Wildman–Crippen LogP) is 1.86. The molecule has 3 heteroatoms. The van der Waals surface area contributed by atoms with Crippen LogP contribution in [0.25, 0.3) is 0 Å². The largest absolute Gasteiger partial charge is 0.385 e. The van der Waals surface area contributed by atoms with E-state index in [1.165, 1.54) is 19.3 Å². The fourth-order valence-corrected chi connectivity index (χ4v) is 3.06. The standard InChI is InChI=1S/C13H28N2O/c1-4-15(11(2)8-9-16-3)13-7-5-6-12(13)10-14/h11-13H,4-10,14H2,1-3H3. The number of hydrogen-bond donors (Lipinski definition) is 1. The highest BCUT2D eigenvalue weighted by Gasteiger charge is 2.32. The monoisotopic (exact) mass is 228 g/mol. The smallest absolute Gasteiger partial charge is 0.0477 e. The van der Waals surface area contributed by atoms with Crippen LogP contribution in [0.15, 0.2) is 0 Å². The first kappa shape index (κ1) is 13.9. The van der Waals surface area contributed by atoms with Gasteiger partial charge in [0.1, 0.15) is 0 Å². The van der Waals surface area contributed by atoms with Crippen LogP contribution in [0.5, 0.6) is 0 Å². The lowest BCUT2D eigenvalue weighted by molar-refractivity contribution is 0.0925. The summed E-state index contributed by atoms with van der Waals surface area (Å²) >= 11 is 0. The molecule has 1 rings (SSSR count). The van der Waals surface area contributed by atoms with Crippen LogP contribution in [0.1, 0.15) is 39.5 Å². The van der Waals surface area contributed by atoms with Gasteiger partial charge in [-0.1, -0.05) is 13.3 Å². The molecule has 0 aromatic carbocycles. The minimum atomic E-state index is 0.613. The number of hydrogen-bond acceptors (Lipinski definition) is 3. The van der Waals surface area contributed by atoms with Gasteiger partial charge in [-0.3, -0.25) is 4.90 Å². The molecule has 2 N–H and O–H groups in total. The number of methoxy groups -OCH3 is 1. The Balaban J connectivity index is 2.51. The van der Waals surface area contributed by atoms with Gasteiger partial charge in [0.15, 0.2) is 0 Å². The van der Waals surface area contributed by atoms with E-state index < -0.39 is 0 Å². The lowest BCUT2D eigenvalue weighted by Gasteiger charge is -2.36. The summed E-state index contributed by atoms with van der Waals surface area (Å²) < 4.78 is 5.17. The second-order valence-corrected chi connectivity index (χ2v) is 4.95. The molecule has 0 aliphatic heterocycles. The van der Waals surface area contributed by atoms with Gasteiger partial charge < -0.3 is 10.5 Å². The van der Waals surface area contributed by atoms with Crippen molar-refractivity contribution in [3.8, 4) is 0 Å². The highest BCUT2D eigenvalue weighted by atomic mass is 16.5. The van der Waals surface area contributed by atoms with Gasteiger partial charge in [-0.2, -0.15) is 0 Å². The number of ether oxygens (including phenoxy) is 1. The summed E-state index contributed by atoms with van der Waals surface area (Å²) in [6, 6.07) is 1.32. The van der Waals surface area contributed by atoms with Gasteiger partial charge in [0.25, 0.3) is 0 Å². The third kappa shape index (κ3) is 3.44. The molecule has 0 heterocycles. The van der Waals surface area contributed by atoms with Crippen molar-refractivity contribution in [2.24, 2.45) is 11.7 Å². The van der Waals surface area contributed by atoms with Gasteiger partial charge in [0.2, 0.25) is 0 Å². The molecule has 0 aromatic rings. The number of nitrogens with zero attached hydrogens (tertiary/aromatic N) is 1. The van der Waals surface area contributed by atoms with E-state index in [-0.39, 0.29) is 0 Å². The van der Waals surface area contributed by atoms with Crippen molar-refractivity contribution in [3.05, 3.63) is 0 Å². The van der Waals surface area contributed by atoms with Crippen LogP contribution in [0.3, 0.4) is 0 Å². The minimum absolute atomic E-state index is 0.613. The van der Waals surface area contributed by atoms with Crippen molar-refractivity contribution in [1.29, 1.82) is 0 Å². The van der Waals surface area contributed by atoms with Gasteiger partial charge in [-0.15, -0.1) is 0 Å². The van der Waals surface area contributed by atoms with Gasteiger partial charge in [-0.25, -0.2) is 0 Å². The molecule has 3 unspecified atom stereocenters. The van der Waals surface area contributed by atoms with E-state index in [0.717, 1.165) is 26.1 Å². The summed E-state index contributed by atoms with van der Waals surface area (Å²) in [7, 11) is 1.78. The summed E-state index contributed by atoms with van der Waals surface area (Å²) in [6.07, 6.45) is 5.11. The molecule has 3 atom stereocenters. The van der Waals surface area contributed by atoms with Crippen LogP contribution in [-0.2, 0) is 4.74 Å². The molecule has 1 aliphatic carbocycles. The zero-order valence-corrected chi connectivity index (χ0v) is 11.1. The molecular formula is C13H28N2O. The van der Waals surface area contributed by atoms with Crippen molar-refractivity contribution in [2.75, 3.05) is 26.8 Å². The van der Waals surface area contributed by atoms with Gasteiger partial charge in [0.05, 0.1) is 0 Å². The minimum Gasteiger partial charge on any atom is -0.385 e. The topological polar surface area (TPSA) is 38.5 Å². The Bertz CT molecular complexity index is 187. The third-order valence-corrected chi connectivity index (χ3v) is 4.02. The lowest BCUT2D eigenvalue weighted by Crippen LogP contribution is -2.45. The second kappa shape index (κ2) is 7.25. The summed E-state index contributed by atoms with van der Waals surface area (Å²) in [5, 5.41) is 0. The summed E-state index contributed by atoms with van der Waals surface area (Å²) in [5.41, 5.74) is 5.87. The van der Waals surface area contributed by atoms with E-state index in [4.69, 9.17) is 10.5 Å². The SMILES string of the molecule is CCN(C(C)CCOC)C1CCCC1CN. The maximum absolute atomic E-state index is 5.87. The van der Waals surface area contributed by atoms with Crippen molar-refractivity contribution in [1.82, 2.24) is 4.90 Å². The second-order valence-electron chi connectivity index (χ2n) is 4.95. The normalized spacial score (nSPS) is 27.6. The van der Waals surface area contributed by atoms with Crippen molar-refractivity contribution >= 4 is 0 Å². The fraction of sp³-hybridized carbons (Fsp3) is 1.00. The van der Waals surface area contributed by atoms with Crippen LogP contribution >= 0.6 is 0 Å². The molecule has 0 bridgehead atoms. The molecule has 3 nitrogen and oxygen atoms in total. The van der Waals surface area contributed by atoms with Crippen LogP contribution in [-0.4, -0.2) is 43.8 Å². The zero-order chi connectivity index (χ0) is 12.0. The Morgan fingerprint density at radius 3 is 2.75 bits per heavy atom. The van der Waals surface area contributed by atoms with Gasteiger partial charge in [0, 0.05) is 25.8 Å². The highest BCUT2D eigenvalue weighted by Crippen LogP contribution is 2.30. The third-order valence-electron chi connectivity index (χ3n) is 4.02. The van der Waals surface area contributed by atoms with E-state index in [9.17, 15) is 0 Å². The first-order valence-electron chi connectivity index (χ1n) is 6.69. The van der Waals surface area contributed by atoms with Crippen LogP contribution < -0.4 is 5.73 Å². The van der Waals surface area contributed by atoms with E-state index in [1.54, 1.807) is 7.11 Å². The summed E-state index contributed by atoms with van der Waals surface area (Å²) in [6.45, 7) is 7.41. The maximum Gasteiger partial charge on any atom is 0.0477 e. The van der Waals surface area contributed by atoms with E-state index in [2.05, 4.69) is 18.7 Å². The first-order chi connectivity index (χ1) is 7.74. The molecule has 0 aromatic heterocycles. The van der Waals surface area contributed by atoms with E-state index >= 15 is 0 Å². The molecule has 0 saturated heterocycles. The Labute approximate surface area is 100 Å². The number of nitrogens with two attached hydrogens (primary N) is 1. The Kier molecular flexibility index (Phi) is 6.32. The molecule has 0 amide bonds. The summed E-state index contributed by atoms with van der Waals surface area (Å²) in [4.78, 5) is 2.63. The molecule has 1 aliphatic rings. The van der Waals surface area contributed by atoms with Crippen LogP contribution in [0, 0.1) is 5.92 Å². The molecule has 1 saturated carbocycles. The molecule has 1 fully saturated rings. The van der Waals surface area contributed by atoms with E-state index in [1.807, 2.05) is 0 Å². The van der Waals surface area contributed by atoms with Crippen molar-refractivity contribution in [2.45, 2.75) is 51.6 Å². The molecule has 96 valence electrons. The average Bonchev–Trinajstić information content (AvgIpc) is 2.75. The quantitative estimate of drug-likeness (QED) is 0.723. The fourth-order valence-electron chi connectivity index (χ4n) is 3.06. The van der Waals surface area contributed by atoms with Crippen LogP contribution in [0.4, 0.5) is 0 Å². The Hall–Kier alpha value is -0.120. The zero-order valence-electron chi connectivity index (χ0n) is 11.1. The maximum atomic E-state index is 5.87. The predicted molar refractivity (Wildman–Crippen MR) is 68.5 cm³/mol. The lowest BCUT2D eigenvalue weighted by atomic mass is 10.00. The van der Waals surface area contributed by atoms with Gasteiger partial charge in [-0.05, 0) is 45.2 Å². The molecule has 0 spiro atoms. The van der Waals surface area contributed by atoms with Crippen molar-refractivity contribution < 1.29 is 4.74 Å². The Morgan fingerprint density at radius 2 is 2.19 bits per heavy atom. The van der Waals surface area contributed by atoms with E-state index in [0.29, 0.717) is 18.0 Å². The molecule has 16 heavy (non-hydrogen) atoms. The van der Waals surface area contributed by atoms with Crippen LogP contribution in [0.2, 0.25) is 0 Å². The average molecular weight is 228 g/mol. The summed E-state index contributed by atoms with van der Waals surface area (Å²) in [5.74, 6) is 0.713. The molecule has 0 radical (unpaired) electrons. The first-order valence-corrected chi connectivity index (χ1v) is 6.69. The Morgan fingerprint density at radius 1 is 1.44 bits per heavy atom. The highest BCUT2D eigenvalue weighted by molar-refractivity contribution is 4.87. The van der Waals surface area contributed by atoms with Gasteiger partial charge >= 0.3 is 0 Å².